The van der Waals surface area contributed by atoms with Crippen molar-refractivity contribution in [3.8, 4) is 17.3 Å². The van der Waals surface area contributed by atoms with Gasteiger partial charge in [-0.25, -0.2) is 0 Å². The standard InChI is InChI=1S/C28H28F3N3O/c1-20-14-21(17-32)8-9-25(20)26-16-23(28(29,30)31)15-24(33-26)18-35-19-27(10-12-34(2)13-11-27)22-6-4-3-5-7-22/h3-9,14-16H,10-13,18-19H2,1-2H3. The molecule has 2 heterocycles. The highest BCUT2D eigenvalue weighted by Crippen LogP contribution is 2.37. The summed E-state index contributed by atoms with van der Waals surface area (Å²) >= 11 is 0. The van der Waals surface area contributed by atoms with E-state index in [2.05, 4.69) is 29.1 Å². The molecule has 35 heavy (non-hydrogen) atoms. The predicted octanol–water partition coefficient (Wildman–Crippen LogP) is 6.13. The number of hydrogen-bond acceptors (Lipinski definition) is 4. The molecule has 0 bridgehead atoms. The Balaban J connectivity index is 1.60. The van der Waals surface area contributed by atoms with Gasteiger partial charge in [0.05, 0.1) is 41.8 Å². The maximum absolute atomic E-state index is 13.7. The molecule has 0 radical (unpaired) electrons. The number of likely N-dealkylation sites (tertiary alicyclic amines) is 1. The van der Waals surface area contributed by atoms with E-state index in [0.717, 1.165) is 38.1 Å². The second kappa shape index (κ2) is 10.2. The van der Waals surface area contributed by atoms with Gasteiger partial charge in [0.15, 0.2) is 0 Å². The molecule has 0 spiro atoms. The lowest BCUT2D eigenvalue weighted by molar-refractivity contribution is -0.137. The maximum atomic E-state index is 13.7. The van der Waals surface area contributed by atoms with Gasteiger partial charge in [0.2, 0.25) is 0 Å². The van der Waals surface area contributed by atoms with Crippen LogP contribution in [0.4, 0.5) is 13.2 Å². The molecule has 0 saturated carbocycles. The highest BCUT2D eigenvalue weighted by atomic mass is 19.4. The van der Waals surface area contributed by atoms with Gasteiger partial charge >= 0.3 is 6.18 Å². The Bertz CT molecular complexity index is 1210. The van der Waals surface area contributed by atoms with E-state index in [0.29, 0.717) is 23.3 Å². The van der Waals surface area contributed by atoms with E-state index >= 15 is 0 Å². The van der Waals surface area contributed by atoms with Crippen LogP contribution in [0.1, 0.15) is 40.8 Å². The van der Waals surface area contributed by atoms with Crippen LogP contribution in [0.15, 0.2) is 60.7 Å². The smallest absolute Gasteiger partial charge is 0.374 e. The number of alkyl halides is 3. The Morgan fingerprint density at radius 3 is 2.40 bits per heavy atom. The molecule has 0 amide bonds. The van der Waals surface area contributed by atoms with Crippen LogP contribution in [0.5, 0.6) is 0 Å². The van der Waals surface area contributed by atoms with Crippen molar-refractivity contribution in [1.29, 1.82) is 5.26 Å². The van der Waals surface area contributed by atoms with Gasteiger partial charge in [-0.3, -0.25) is 4.98 Å². The van der Waals surface area contributed by atoms with Crippen molar-refractivity contribution in [3.63, 3.8) is 0 Å². The van der Waals surface area contributed by atoms with Crippen LogP contribution in [0.3, 0.4) is 0 Å². The fourth-order valence-corrected chi connectivity index (χ4v) is 4.69. The molecule has 1 aliphatic heterocycles. The highest BCUT2D eigenvalue weighted by molar-refractivity contribution is 5.65. The van der Waals surface area contributed by atoms with E-state index in [-0.39, 0.29) is 23.4 Å². The van der Waals surface area contributed by atoms with E-state index < -0.39 is 11.7 Å². The number of nitrogens with zero attached hydrogens (tertiary/aromatic N) is 3. The molecule has 3 aromatic rings. The van der Waals surface area contributed by atoms with Crippen LogP contribution in [0.2, 0.25) is 0 Å². The first-order valence-corrected chi connectivity index (χ1v) is 11.6. The van der Waals surface area contributed by atoms with Gasteiger partial charge in [0.25, 0.3) is 0 Å². The van der Waals surface area contributed by atoms with Gasteiger partial charge in [-0.15, -0.1) is 0 Å². The fraction of sp³-hybridized carbons (Fsp3) is 0.357. The van der Waals surface area contributed by atoms with Crippen LogP contribution in [0.25, 0.3) is 11.3 Å². The number of rotatable bonds is 6. The molecule has 0 unspecified atom stereocenters. The summed E-state index contributed by atoms with van der Waals surface area (Å²) in [5.41, 5.74) is 2.41. The molecule has 1 fully saturated rings. The van der Waals surface area contributed by atoms with Gasteiger partial charge < -0.3 is 9.64 Å². The first kappa shape index (κ1) is 24.9. The number of pyridine rings is 1. The third-order valence-electron chi connectivity index (χ3n) is 6.80. The minimum atomic E-state index is -4.51. The number of aryl methyl sites for hydroxylation is 1. The zero-order valence-corrected chi connectivity index (χ0v) is 19.9. The SMILES string of the molecule is Cc1cc(C#N)ccc1-c1cc(C(F)(F)F)cc(COCC2(c3ccccc3)CCN(C)CC2)n1. The summed E-state index contributed by atoms with van der Waals surface area (Å²) < 4.78 is 47.2. The van der Waals surface area contributed by atoms with Crippen molar-refractivity contribution in [1.82, 2.24) is 9.88 Å². The molecule has 182 valence electrons. The molecule has 0 aliphatic carbocycles. The van der Waals surface area contributed by atoms with Crippen molar-refractivity contribution in [2.75, 3.05) is 26.7 Å². The molecule has 4 nitrogen and oxygen atoms in total. The molecular weight excluding hydrogens is 451 g/mol. The number of benzene rings is 2. The molecule has 0 N–H and O–H groups in total. The molecule has 1 aliphatic rings. The van der Waals surface area contributed by atoms with Gasteiger partial charge in [0.1, 0.15) is 0 Å². The Labute approximate surface area is 204 Å². The van der Waals surface area contributed by atoms with Gasteiger partial charge in [-0.2, -0.15) is 18.4 Å². The van der Waals surface area contributed by atoms with Crippen molar-refractivity contribution >= 4 is 0 Å². The molecule has 7 heteroatoms. The Hall–Kier alpha value is -3.21. The Morgan fingerprint density at radius 2 is 1.77 bits per heavy atom. The van der Waals surface area contributed by atoms with Gasteiger partial charge in [-0.05, 0) is 75.3 Å². The van der Waals surface area contributed by atoms with Crippen LogP contribution < -0.4 is 0 Å². The van der Waals surface area contributed by atoms with Crippen molar-refractivity contribution in [3.05, 3.63) is 88.6 Å². The first-order chi connectivity index (χ1) is 16.7. The highest BCUT2D eigenvalue weighted by Gasteiger charge is 2.36. The third-order valence-corrected chi connectivity index (χ3v) is 6.80. The van der Waals surface area contributed by atoms with Crippen LogP contribution >= 0.6 is 0 Å². The van der Waals surface area contributed by atoms with Gasteiger partial charge in [-0.1, -0.05) is 36.4 Å². The van der Waals surface area contributed by atoms with Crippen LogP contribution in [-0.2, 0) is 22.9 Å². The molecular formula is C28H28F3N3O. The first-order valence-electron chi connectivity index (χ1n) is 11.6. The molecule has 1 aromatic heterocycles. The molecule has 1 saturated heterocycles. The summed E-state index contributed by atoms with van der Waals surface area (Å²) in [5.74, 6) is 0. The average molecular weight is 480 g/mol. The lowest BCUT2D eigenvalue weighted by Crippen LogP contribution is -2.43. The number of aromatic nitrogens is 1. The summed E-state index contributed by atoms with van der Waals surface area (Å²) in [5, 5.41) is 9.11. The topological polar surface area (TPSA) is 49.1 Å². The van der Waals surface area contributed by atoms with E-state index in [1.807, 2.05) is 24.3 Å². The fourth-order valence-electron chi connectivity index (χ4n) is 4.69. The van der Waals surface area contributed by atoms with Crippen molar-refractivity contribution < 1.29 is 17.9 Å². The van der Waals surface area contributed by atoms with Gasteiger partial charge in [0, 0.05) is 11.0 Å². The van der Waals surface area contributed by atoms with Crippen LogP contribution in [0, 0.1) is 18.3 Å². The van der Waals surface area contributed by atoms with E-state index in [1.165, 1.54) is 5.56 Å². The second-order valence-corrected chi connectivity index (χ2v) is 9.31. The third kappa shape index (κ3) is 5.72. The zero-order valence-electron chi connectivity index (χ0n) is 19.9. The minimum Gasteiger partial charge on any atom is -0.374 e. The summed E-state index contributed by atoms with van der Waals surface area (Å²) in [6.07, 6.45) is -2.68. The van der Waals surface area contributed by atoms with E-state index in [4.69, 9.17) is 10.00 Å². The lowest BCUT2D eigenvalue weighted by Gasteiger charge is -2.41. The monoisotopic (exact) mass is 479 g/mol. The molecule has 2 aromatic carbocycles. The average Bonchev–Trinajstić information content (AvgIpc) is 2.85. The minimum absolute atomic E-state index is 0.0172. The normalized spacial score (nSPS) is 16.1. The number of ether oxygens (including phenoxy) is 1. The Kier molecular flexibility index (Phi) is 7.25. The number of hydrogen-bond donors (Lipinski definition) is 0. The molecule has 4 rings (SSSR count). The van der Waals surface area contributed by atoms with E-state index in [9.17, 15) is 13.2 Å². The van der Waals surface area contributed by atoms with Crippen molar-refractivity contribution in [2.45, 2.75) is 38.0 Å². The zero-order chi connectivity index (χ0) is 25.1. The van der Waals surface area contributed by atoms with Crippen molar-refractivity contribution in [2.24, 2.45) is 0 Å². The van der Waals surface area contributed by atoms with Crippen LogP contribution in [-0.4, -0.2) is 36.6 Å². The quantitative estimate of drug-likeness (QED) is 0.427. The summed E-state index contributed by atoms with van der Waals surface area (Å²) in [6.45, 7) is 4.02. The number of halogens is 3. The Morgan fingerprint density at radius 1 is 1.06 bits per heavy atom. The number of nitriles is 1. The maximum Gasteiger partial charge on any atom is 0.416 e. The predicted molar refractivity (Wildman–Crippen MR) is 129 cm³/mol. The molecule has 0 atom stereocenters. The van der Waals surface area contributed by atoms with E-state index in [1.54, 1.807) is 25.1 Å². The summed E-state index contributed by atoms with van der Waals surface area (Å²) in [7, 11) is 2.09. The summed E-state index contributed by atoms with van der Waals surface area (Å²) in [6, 6.07) is 19.2. The second-order valence-electron chi connectivity index (χ2n) is 9.31. The number of piperidine rings is 1. The summed E-state index contributed by atoms with van der Waals surface area (Å²) in [4.78, 5) is 6.79. The lowest BCUT2D eigenvalue weighted by atomic mass is 9.73. The largest absolute Gasteiger partial charge is 0.416 e.